The lowest BCUT2D eigenvalue weighted by molar-refractivity contribution is 0.0599. The van der Waals surface area contributed by atoms with Crippen LogP contribution >= 0.6 is 12.4 Å². The number of carbonyl (C=O) groups is 1. The molecule has 0 aliphatic rings. The maximum Gasteiger partial charge on any atom is 0.338 e. The first kappa shape index (κ1) is 19.9. The number of hydrogen-bond acceptors (Lipinski definition) is 5. The minimum Gasteiger partial charge on any atom is -0.465 e. The summed E-state index contributed by atoms with van der Waals surface area (Å²) in [6, 6.07) is 4.39. The van der Waals surface area contributed by atoms with Gasteiger partial charge in [-0.15, -0.1) is 12.4 Å². The standard InChI is InChI=1S/C13H20N2O4S.ClH/c1-9-5-6-11(7-12(9)13(16)19-4)20(17,18)15-8-10(2)14-3;/h5-7,10,14-15H,8H2,1-4H3;1H. The Bertz CT molecular complexity index is 590. The van der Waals surface area contributed by atoms with Crippen LogP contribution in [0.5, 0.6) is 0 Å². The molecule has 120 valence electrons. The summed E-state index contributed by atoms with van der Waals surface area (Å²) in [5.41, 5.74) is 0.913. The van der Waals surface area contributed by atoms with E-state index in [0.717, 1.165) is 0 Å². The zero-order valence-corrected chi connectivity index (χ0v) is 14.1. The van der Waals surface area contributed by atoms with Gasteiger partial charge in [-0.3, -0.25) is 0 Å². The second-order valence-corrected chi connectivity index (χ2v) is 6.28. The lowest BCUT2D eigenvalue weighted by Gasteiger charge is -2.13. The molecule has 0 saturated carbocycles. The minimum absolute atomic E-state index is 0. The monoisotopic (exact) mass is 336 g/mol. The topological polar surface area (TPSA) is 84.5 Å². The van der Waals surface area contributed by atoms with E-state index in [2.05, 4.69) is 14.8 Å². The van der Waals surface area contributed by atoms with Gasteiger partial charge < -0.3 is 10.1 Å². The van der Waals surface area contributed by atoms with Crippen molar-refractivity contribution in [2.24, 2.45) is 0 Å². The third-order valence-corrected chi connectivity index (χ3v) is 4.42. The molecular weight excluding hydrogens is 316 g/mol. The molecular formula is C13H21ClN2O4S. The average Bonchev–Trinajstić information content (AvgIpc) is 2.44. The van der Waals surface area contributed by atoms with Gasteiger partial charge >= 0.3 is 5.97 Å². The molecule has 0 aromatic heterocycles. The smallest absolute Gasteiger partial charge is 0.338 e. The molecule has 0 amide bonds. The molecule has 0 radical (unpaired) electrons. The number of ether oxygens (including phenoxy) is 1. The Hall–Kier alpha value is -1.15. The molecule has 0 fully saturated rings. The van der Waals surface area contributed by atoms with E-state index in [1.165, 1.54) is 19.2 Å². The SMILES string of the molecule is CNC(C)CNS(=O)(=O)c1ccc(C)c(C(=O)OC)c1.Cl. The lowest BCUT2D eigenvalue weighted by atomic mass is 10.1. The Balaban J connectivity index is 0.00000400. The van der Waals surface area contributed by atoms with Gasteiger partial charge in [-0.25, -0.2) is 17.9 Å². The van der Waals surface area contributed by atoms with Crippen LogP contribution in [-0.2, 0) is 14.8 Å². The molecule has 0 bridgehead atoms. The summed E-state index contributed by atoms with van der Waals surface area (Å²) in [7, 11) is -0.634. The van der Waals surface area contributed by atoms with Crippen molar-refractivity contribution in [3.05, 3.63) is 29.3 Å². The van der Waals surface area contributed by atoms with Crippen molar-refractivity contribution < 1.29 is 17.9 Å². The molecule has 6 nitrogen and oxygen atoms in total. The van der Waals surface area contributed by atoms with Crippen LogP contribution in [0.15, 0.2) is 23.1 Å². The van der Waals surface area contributed by atoms with Crippen LogP contribution in [0.4, 0.5) is 0 Å². The number of carbonyl (C=O) groups excluding carboxylic acids is 1. The molecule has 21 heavy (non-hydrogen) atoms. The van der Waals surface area contributed by atoms with Gasteiger partial charge in [0.2, 0.25) is 10.0 Å². The molecule has 1 aromatic rings. The van der Waals surface area contributed by atoms with E-state index in [4.69, 9.17) is 0 Å². The fourth-order valence-corrected chi connectivity index (χ4v) is 2.67. The molecule has 0 spiro atoms. The number of sulfonamides is 1. The Morgan fingerprint density at radius 1 is 1.38 bits per heavy atom. The fraction of sp³-hybridized carbons (Fsp3) is 0.462. The summed E-state index contributed by atoms with van der Waals surface area (Å²) in [6.07, 6.45) is 0. The first-order chi connectivity index (χ1) is 9.31. The molecule has 1 atom stereocenters. The van der Waals surface area contributed by atoms with Gasteiger partial charge in [0.15, 0.2) is 0 Å². The number of halogens is 1. The number of likely N-dealkylation sites (N-methyl/N-ethyl adjacent to an activating group) is 1. The van der Waals surface area contributed by atoms with Gasteiger partial charge in [0.1, 0.15) is 0 Å². The molecule has 0 aliphatic heterocycles. The maximum absolute atomic E-state index is 12.1. The van der Waals surface area contributed by atoms with E-state index < -0.39 is 16.0 Å². The van der Waals surface area contributed by atoms with Gasteiger partial charge in [0.25, 0.3) is 0 Å². The van der Waals surface area contributed by atoms with Gasteiger partial charge in [-0.2, -0.15) is 0 Å². The number of rotatable bonds is 6. The number of benzene rings is 1. The van der Waals surface area contributed by atoms with E-state index in [1.54, 1.807) is 20.0 Å². The molecule has 1 aromatic carbocycles. The summed E-state index contributed by atoms with van der Waals surface area (Å²) < 4.78 is 31.4. The van der Waals surface area contributed by atoms with Gasteiger partial charge in [-0.1, -0.05) is 6.07 Å². The van der Waals surface area contributed by atoms with Gasteiger partial charge in [0, 0.05) is 12.6 Å². The molecule has 8 heteroatoms. The lowest BCUT2D eigenvalue weighted by Crippen LogP contribution is -2.37. The van der Waals surface area contributed by atoms with E-state index in [-0.39, 0.29) is 35.5 Å². The van der Waals surface area contributed by atoms with E-state index in [0.29, 0.717) is 5.56 Å². The highest BCUT2D eigenvalue weighted by Gasteiger charge is 2.18. The molecule has 0 saturated heterocycles. The van der Waals surface area contributed by atoms with Crippen LogP contribution in [0.3, 0.4) is 0 Å². The minimum atomic E-state index is -3.64. The third-order valence-electron chi connectivity index (χ3n) is 3.00. The number of aryl methyl sites for hydroxylation is 1. The van der Waals surface area contributed by atoms with Crippen LogP contribution in [0.25, 0.3) is 0 Å². The number of methoxy groups -OCH3 is 1. The normalized spacial score (nSPS) is 12.4. The van der Waals surface area contributed by atoms with Crippen molar-refractivity contribution in [1.82, 2.24) is 10.0 Å². The number of hydrogen-bond donors (Lipinski definition) is 2. The highest BCUT2D eigenvalue weighted by Crippen LogP contribution is 2.16. The van der Waals surface area contributed by atoms with Crippen LogP contribution in [-0.4, -0.2) is 41.1 Å². The predicted molar refractivity (Wildman–Crippen MR) is 83.5 cm³/mol. The Kier molecular flexibility index (Phi) is 7.87. The molecule has 0 aliphatic carbocycles. The fourth-order valence-electron chi connectivity index (χ4n) is 1.52. The molecule has 0 heterocycles. The summed E-state index contributed by atoms with van der Waals surface area (Å²) in [6.45, 7) is 3.84. The zero-order valence-electron chi connectivity index (χ0n) is 12.5. The largest absolute Gasteiger partial charge is 0.465 e. The third kappa shape index (κ3) is 5.28. The van der Waals surface area contributed by atoms with Crippen molar-refractivity contribution in [2.75, 3.05) is 20.7 Å². The summed E-state index contributed by atoms with van der Waals surface area (Å²) in [4.78, 5) is 11.6. The van der Waals surface area contributed by atoms with Crippen LogP contribution < -0.4 is 10.0 Å². The summed E-state index contributed by atoms with van der Waals surface area (Å²) in [5.74, 6) is -0.553. The predicted octanol–water partition coefficient (Wildman–Crippen LogP) is 1.09. The quantitative estimate of drug-likeness (QED) is 0.760. The molecule has 1 rings (SSSR count). The number of esters is 1. The Labute approximate surface area is 131 Å². The van der Waals surface area contributed by atoms with Crippen LogP contribution in [0, 0.1) is 6.92 Å². The first-order valence-electron chi connectivity index (χ1n) is 6.17. The highest BCUT2D eigenvalue weighted by atomic mass is 35.5. The van der Waals surface area contributed by atoms with Crippen molar-refractivity contribution in [1.29, 1.82) is 0 Å². The number of nitrogens with one attached hydrogen (secondary N) is 2. The molecule has 1 unspecified atom stereocenters. The molecule has 2 N–H and O–H groups in total. The van der Waals surface area contributed by atoms with E-state index >= 15 is 0 Å². The Morgan fingerprint density at radius 2 is 2.00 bits per heavy atom. The van der Waals surface area contributed by atoms with Crippen molar-refractivity contribution in [3.8, 4) is 0 Å². The average molecular weight is 337 g/mol. The van der Waals surface area contributed by atoms with E-state index in [1.807, 2.05) is 6.92 Å². The first-order valence-corrected chi connectivity index (χ1v) is 7.66. The second kappa shape index (κ2) is 8.33. The van der Waals surface area contributed by atoms with Crippen molar-refractivity contribution in [3.63, 3.8) is 0 Å². The van der Waals surface area contributed by atoms with Crippen LogP contribution in [0.1, 0.15) is 22.8 Å². The Morgan fingerprint density at radius 3 is 2.52 bits per heavy atom. The van der Waals surface area contributed by atoms with Crippen molar-refractivity contribution in [2.45, 2.75) is 24.8 Å². The summed E-state index contributed by atoms with van der Waals surface area (Å²) in [5, 5.41) is 2.94. The van der Waals surface area contributed by atoms with Crippen molar-refractivity contribution >= 4 is 28.4 Å². The highest BCUT2D eigenvalue weighted by molar-refractivity contribution is 7.89. The maximum atomic E-state index is 12.1. The second-order valence-electron chi connectivity index (χ2n) is 4.51. The summed E-state index contributed by atoms with van der Waals surface area (Å²) >= 11 is 0. The van der Waals surface area contributed by atoms with E-state index in [9.17, 15) is 13.2 Å². The zero-order chi connectivity index (χ0) is 15.3. The van der Waals surface area contributed by atoms with Gasteiger partial charge in [-0.05, 0) is 38.6 Å². The van der Waals surface area contributed by atoms with Crippen LogP contribution in [0.2, 0.25) is 0 Å². The van der Waals surface area contributed by atoms with Gasteiger partial charge in [0.05, 0.1) is 17.6 Å².